The quantitative estimate of drug-likeness (QED) is 0.269. The monoisotopic (exact) mass is 536 g/mol. The van der Waals surface area contributed by atoms with Crippen LogP contribution in [0.2, 0.25) is 10.0 Å². The van der Waals surface area contributed by atoms with E-state index in [1.54, 1.807) is 0 Å². The summed E-state index contributed by atoms with van der Waals surface area (Å²) in [5, 5.41) is 10.6. The second kappa shape index (κ2) is 9.39. The van der Waals surface area contributed by atoms with Crippen LogP contribution in [0.5, 0.6) is 11.5 Å². The number of epoxide rings is 1. The summed E-state index contributed by atoms with van der Waals surface area (Å²) in [5.41, 5.74) is 1.78. The molecule has 152 valence electrons. The number of aliphatic hydroxyl groups excluding tert-OH is 1. The number of aliphatic hydroxyl groups is 1. The van der Waals surface area contributed by atoms with Gasteiger partial charge in [0.15, 0.2) is 5.75 Å². The molecule has 2 aromatic rings. The average Bonchev–Trinajstić information content (AvgIpc) is 3.50. The van der Waals surface area contributed by atoms with E-state index in [1.165, 1.54) is 0 Å². The van der Waals surface area contributed by atoms with Crippen molar-refractivity contribution < 1.29 is 19.3 Å². The Morgan fingerprint density at radius 1 is 1.14 bits per heavy atom. The highest BCUT2D eigenvalue weighted by Crippen LogP contribution is 2.40. The zero-order chi connectivity index (χ0) is 20.3. The summed E-state index contributed by atoms with van der Waals surface area (Å²) in [7, 11) is 0. The van der Waals surface area contributed by atoms with Crippen molar-refractivity contribution in [1.29, 1.82) is 0 Å². The fourth-order valence-electron chi connectivity index (χ4n) is 2.77. The van der Waals surface area contributed by atoms with E-state index in [-0.39, 0.29) is 18.1 Å². The summed E-state index contributed by atoms with van der Waals surface area (Å²) in [6.07, 6.45) is -0.324. The first-order valence-corrected chi connectivity index (χ1v) is 11.3. The lowest BCUT2D eigenvalue weighted by Crippen LogP contribution is -2.20. The van der Waals surface area contributed by atoms with Crippen LogP contribution in [-0.4, -0.2) is 41.6 Å². The zero-order valence-corrected chi connectivity index (χ0v) is 19.4. The number of ether oxygens (including phenoxy) is 3. The zero-order valence-electron chi connectivity index (χ0n) is 15.8. The third kappa shape index (κ3) is 5.45. The molecule has 7 heteroatoms. The first-order chi connectivity index (χ1) is 13.3. The first-order valence-electron chi connectivity index (χ1n) is 9.02. The van der Waals surface area contributed by atoms with Crippen molar-refractivity contribution in [2.45, 2.75) is 31.5 Å². The number of hydrogen-bond acceptors (Lipinski definition) is 4. The topological polar surface area (TPSA) is 51.2 Å². The van der Waals surface area contributed by atoms with E-state index in [9.17, 15) is 5.11 Å². The van der Waals surface area contributed by atoms with Gasteiger partial charge in [0, 0.05) is 9.84 Å². The van der Waals surface area contributed by atoms with Crippen LogP contribution in [0.25, 0.3) is 0 Å². The maximum absolute atomic E-state index is 9.69. The molecule has 2 aromatic carbocycles. The number of benzene rings is 2. The van der Waals surface area contributed by atoms with Gasteiger partial charge in [-0.2, -0.15) is 0 Å². The van der Waals surface area contributed by atoms with Crippen molar-refractivity contribution in [2.24, 2.45) is 0 Å². The average molecular weight is 537 g/mol. The molecule has 1 heterocycles. The van der Waals surface area contributed by atoms with Crippen LogP contribution in [0.3, 0.4) is 0 Å². The minimum Gasteiger partial charge on any atom is -0.491 e. The summed E-state index contributed by atoms with van der Waals surface area (Å²) in [6, 6.07) is 11.8. The maximum Gasteiger partial charge on any atom is 0.156 e. The Bertz CT molecular complexity index is 784. The highest BCUT2D eigenvalue weighted by molar-refractivity contribution is 14.1. The fourth-order valence-corrected chi connectivity index (χ4v) is 3.62. The molecule has 0 aliphatic carbocycles. The van der Waals surface area contributed by atoms with Crippen molar-refractivity contribution in [3.8, 4) is 11.5 Å². The Hall–Kier alpha value is -0.730. The molecule has 1 aliphatic heterocycles. The highest BCUT2D eigenvalue weighted by Gasteiger charge is 2.26. The van der Waals surface area contributed by atoms with Gasteiger partial charge in [0.1, 0.15) is 25.1 Å². The van der Waals surface area contributed by atoms with Crippen LogP contribution < -0.4 is 9.47 Å². The van der Waals surface area contributed by atoms with Gasteiger partial charge in [-0.1, -0.05) is 71.8 Å². The summed E-state index contributed by atoms with van der Waals surface area (Å²) >= 11 is 15.0. The predicted molar refractivity (Wildman–Crippen MR) is 121 cm³/mol. The van der Waals surface area contributed by atoms with E-state index >= 15 is 0 Å². The van der Waals surface area contributed by atoms with Crippen LogP contribution in [0.4, 0.5) is 0 Å². The van der Waals surface area contributed by atoms with Crippen LogP contribution in [0.15, 0.2) is 36.4 Å². The van der Waals surface area contributed by atoms with Gasteiger partial charge < -0.3 is 19.3 Å². The molecule has 1 saturated heterocycles. The van der Waals surface area contributed by atoms with Crippen molar-refractivity contribution in [3.05, 3.63) is 57.6 Å². The largest absolute Gasteiger partial charge is 0.491 e. The third-order valence-electron chi connectivity index (χ3n) is 4.73. The Labute approximate surface area is 189 Å². The molecule has 1 N–H and O–H groups in total. The summed E-state index contributed by atoms with van der Waals surface area (Å²) in [6.45, 7) is 5.75. The lowest BCUT2D eigenvalue weighted by atomic mass is 9.78. The van der Waals surface area contributed by atoms with Crippen molar-refractivity contribution in [2.75, 3.05) is 24.2 Å². The van der Waals surface area contributed by atoms with Crippen molar-refractivity contribution in [3.63, 3.8) is 0 Å². The van der Waals surface area contributed by atoms with Gasteiger partial charge in [0.05, 0.1) is 22.8 Å². The first kappa shape index (κ1) is 22.0. The van der Waals surface area contributed by atoms with Gasteiger partial charge >= 0.3 is 0 Å². The molecule has 3 rings (SSSR count). The molecule has 1 fully saturated rings. The molecule has 0 aromatic heterocycles. The van der Waals surface area contributed by atoms with Crippen LogP contribution in [-0.2, 0) is 10.2 Å². The molecular formula is C21H23Cl2IO4. The van der Waals surface area contributed by atoms with E-state index in [1.807, 2.05) is 36.4 Å². The Morgan fingerprint density at radius 3 is 2.29 bits per heavy atom. The van der Waals surface area contributed by atoms with E-state index in [0.29, 0.717) is 26.8 Å². The molecule has 4 nitrogen and oxygen atoms in total. The Kier molecular flexibility index (Phi) is 7.37. The van der Waals surface area contributed by atoms with Crippen LogP contribution >= 0.6 is 45.8 Å². The SMILES string of the molecule is CC(C)(c1ccc(OC[C@H]2CO2)cc1)c1cc(Cl)c(OC[C@@H](O)CI)c(Cl)c1. The standard InChI is InChI=1S/C21H23Cl2IO4/c1-21(2,13-3-5-16(6-4-13)26-11-17-12-27-17)14-7-18(22)20(19(23)8-14)28-10-15(25)9-24/h3-8,15,17,25H,9-12H2,1-2H3/t15-,17-/m0/s1. The molecule has 0 bridgehead atoms. The van der Waals surface area contributed by atoms with Gasteiger partial charge in [0.25, 0.3) is 0 Å². The van der Waals surface area contributed by atoms with E-state index in [0.717, 1.165) is 23.5 Å². The van der Waals surface area contributed by atoms with Gasteiger partial charge in [-0.3, -0.25) is 0 Å². The Morgan fingerprint density at radius 2 is 1.75 bits per heavy atom. The normalized spacial score (nSPS) is 17.3. The summed E-state index contributed by atoms with van der Waals surface area (Å²) in [5.74, 6) is 1.22. The molecule has 2 atom stereocenters. The molecule has 0 radical (unpaired) electrons. The van der Waals surface area contributed by atoms with Gasteiger partial charge in [-0.15, -0.1) is 0 Å². The van der Waals surface area contributed by atoms with Crippen molar-refractivity contribution >= 4 is 45.8 Å². The molecule has 0 amide bonds. The number of hydrogen-bond donors (Lipinski definition) is 1. The van der Waals surface area contributed by atoms with Crippen LogP contribution in [0, 0.1) is 0 Å². The molecule has 1 aliphatic rings. The predicted octanol–water partition coefficient (Wildman–Crippen LogP) is 5.27. The number of halogens is 3. The summed E-state index contributed by atoms with van der Waals surface area (Å²) in [4.78, 5) is 0. The summed E-state index contributed by atoms with van der Waals surface area (Å²) < 4.78 is 17.1. The lowest BCUT2D eigenvalue weighted by Gasteiger charge is -2.27. The smallest absolute Gasteiger partial charge is 0.156 e. The van der Waals surface area contributed by atoms with E-state index in [4.69, 9.17) is 37.4 Å². The highest BCUT2D eigenvalue weighted by atomic mass is 127. The molecule has 0 spiro atoms. The lowest BCUT2D eigenvalue weighted by molar-refractivity contribution is 0.128. The molecule has 0 unspecified atom stereocenters. The van der Waals surface area contributed by atoms with Crippen molar-refractivity contribution in [1.82, 2.24) is 0 Å². The number of rotatable bonds is 9. The number of alkyl halides is 1. The minimum atomic E-state index is -0.559. The van der Waals surface area contributed by atoms with E-state index < -0.39 is 6.10 Å². The second-order valence-electron chi connectivity index (χ2n) is 7.30. The molecule has 0 saturated carbocycles. The van der Waals surface area contributed by atoms with Gasteiger partial charge in [0.2, 0.25) is 0 Å². The van der Waals surface area contributed by atoms with E-state index in [2.05, 4.69) is 36.4 Å². The maximum atomic E-state index is 9.69. The second-order valence-corrected chi connectivity index (χ2v) is 9.00. The Balaban J connectivity index is 1.76. The molecule has 28 heavy (non-hydrogen) atoms. The minimum absolute atomic E-state index is 0.151. The van der Waals surface area contributed by atoms with Gasteiger partial charge in [-0.25, -0.2) is 0 Å². The third-order valence-corrected chi connectivity index (χ3v) is 6.31. The van der Waals surface area contributed by atoms with Gasteiger partial charge in [-0.05, 0) is 35.4 Å². The van der Waals surface area contributed by atoms with Crippen LogP contribution in [0.1, 0.15) is 25.0 Å². The fraction of sp³-hybridized carbons (Fsp3) is 0.429. The molecular weight excluding hydrogens is 514 g/mol.